The SMILES string of the molecule is O=C(NCc1cccc(-c2ccc([C@H]3O[C@@H](CN4CCCCC4)C[C@@H](c4ccc(CO)cc4)O3)cc2)c1)C(Cl)(Cl)Cl. The first-order valence-electron chi connectivity index (χ1n) is 14.1. The zero-order chi connectivity index (χ0) is 28.8. The topological polar surface area (TPSA) is 71.0 Å². The molecule has 2 fully saturated rings. The van der Waals surface area contributed by atoms with Crippen molar-refractivity contribution in [2.75, 3.05) is 19.6 Å². The number of piperidine rings is 1. The minimum atomic E-state index is -1.99. The molecule has 0 saturated carbocycles. The maximum absolute atomic E-state index is 11.9. The Kier molecular flexibility index (Phi) is 10.3. The highest BCUT2D eigenvalue weighted by molar-refractivity contribution is 6.76. The number of halogens is 3. The molecule has 2 saturated heterocycles. The second kappa shape index (κ2) is 13.9. The highest BCUT2D eigenvalue weighted by Gasteiger charge is 2.33. The summed E-state index contributed by atoms with van der Waals surface area (Å²) >= 11 is 17.0. The van der Waals surface area contributed by atoms with Gasteiger partial charge >= 0.3 is 0 Å². The Morgan fingerprint density at radius 3 is 2.27 bits per heavy atom. The highest BCUT2D eigenvalue weighted by Crippen LogP contribution is 2.39. The molecule has 2 N–H and O–H groups in total. The quantitative estimate of drug-likeness (QED) is 0.270. The van der Waals surface area contributed by atoms with Crippen LogP contribution in [0.4, 0.5) is 0 Å². The number of alkyl halides is 3. The predicted molar refractivity (Wildman–Crippen MR) is 163 cm³/mol. The zero-order valence-electron chi connectivity index (χ0n) is 22.8. The summed E-state index contributed by atoms with van der Waals surface area (Å²) < 4.78 is 11.1. The van der Waals surface area contributed by atoms with Crippen molar-refractivity contribution in [1.82, 2.24) is 10.2 Å². The summed E-state index contributed by atoms with van der Waals surface area (Å²) in [6.07, 6.45) is 4.02. The Labute approximate surface area is 256 Å². The third kappa shape index (κ3) is 8.23. The first-order valence-corrected chi connectivity index (χ1v) is 15.2. The van der Waals surface area contributed by atoms with E-state index in [1.54, 1.807) is 0 Å². The summed E-state index contributed by atoms with van der Waals surface area (Å²) in [5.41, 5.74) is 5.86. The zero-order valence-corrected chi connectivity index (χ0v) is 25.0. The van der Waals surface area contributed by atoms with Crippen LogP contribution < -0.4 is 5.32 Å². The molecule has 0 radical (unpaired) electrons. The molecule has 9 heteroatoms. The van der Waals surface area contributed by atoms with Gasteiger partial charge in [0.05, 0.1) is 18.8 Å². The maximum atomic E-state index is 11.9. The molecule has 0 spiro atoms. The molecule has 0 aliphatic carbocycles. The van der Waals surface area contributed by atoms with Gasteiger partial charge in [-0.05, 0) is 59.8 Å². The summed E-state index contributed by atoms with van der Waals surface area (Å²) in [4.78, 5) is 14.4. The number of ether oxygens (including phenoxy) is 2. The number of benzene rings is 3. The van der Waals surface area contributed by atoms with Gasteiger partial charge in [-0.15, -0.1) is 0 Å². The number of carbonyl (C=O) groups is 1. The van der Waals surface area contributed by atoms with Crippen molar-refractivity contribution in [2.24, 2.45) is 0 Å². The van der Waals surface area contributed by atoms with Crippen LogP contribution in [0.3, 0.4) is 0 Å². The van der Waals surface area contributed by atoms with Gasteiger partial charge in [0.1, 0.15) is 0 Å². The Morgan fingerprint density at radius 2 is 1.59 bits per heavy atom. The lowest BCUT2D eigenvalue weighted by Crippen LogP contribution is -2.41. The molecule has 3 aromatic carbocycles. The van der Waals surface area contributed by atoms with Crippen LogP contribution in [0.5, 0.6) is 0 Å². The van der Waals surface area contributed by atoms with Crippen LogP contribution in [0.15, 0.2) is 72.8 Å². The molecular formula is C32H35Cl3N2O4. The van der Waals surface area contributed by atoms with E-state index in [1.807, 2.05) is 60.7 Å². The monoisotopic (exact) mass is 616 g/mol. The summed E-state index contributed by atoms with van der Waals surface area (Å²) in [7, 11) is 0. The number of nitrogens with zero attached hydrogens (tertiary/aromatic N) is 1. The van der Waals surface area contributed by atoms with Crippen molar-refractivity contribution >= 4 is 40.7 Å². The molecule has 0 unspecified atom stereocenters. The van der Waals surface area contributed by atoms with Gasteiger partial charge in [0.25, 0.3) is 9.70 Å². The van der Waals surface area contributed by atoms with Crippen molar-refractivity contribution in [1.29, 1.82) is 0 Å². The van der Waals surface area contributed by atoms with E-state index in [0.29, 0.717) is 0 Å². The second-order valence-corrected chi connectivity index (χ2v) is 13.0. The second-order valence-electron chi connectivity index (χ2n) is 10.7. The number of carbonyl (C=O) groups excluding carboxylic acids is 1. The van der Waals surface area contributed by atoms with Gasteiger partial charge in [-0.1, -0.05) is 108 Å². The van der Waals surface area contributed by atoms with Gasteiger partial charge in [-0.3, -0.25) is 4.79 Å². The minimum Gasteiger partial charge on any atom is -0.392 e. The smallest absolute Gasteiger partial charge is 0.272 e. The number of hydrogen-bond donors (Lipinski definition) is 2. The lowest BCUT2D eigenvalue weighted by atomic mass is 9.98. The molecule has 3 aromatic rings. The molecule has 2 aliphatic rings. The number of hydrogen-bond acceptors (Lipinski definition) is 5. The molecule has 41 heavy (non-hydrogen) atoms. The van der Waals surface area contributed by atoms with Crippen molar-refractivity contribution in [3.8, 4) is 11.1 Å². The largest absolute Gasteiger partial charge is 0.392 e. The Balaban J connectivity index is 1.30. The van der Waals surface area contributed by atoms with Crippen LogP contribution in [-0.4, -0.2) is 45.4 Å². The molecule has 5 rings (SSSR count). The van der Waals surface area contributed by atoms with E-state index in [0.717, 1.165) is 59.4 Å². The fraction of sp³-hybridized carbons (Fsp3) is 0.406. The number of aliphatic hydroxyl groups is 1. The van der Waals surface area contributed by atoms with E-state index in [4.69, 9.17) is 44.3 Å². The standard InChI is InChI=1S/C32H35Cl3N2O4/c33-32(34,35)31(39)36-19-23-5-4-6-27(17-23)24-11-13-26(14-12-24)30-40-28(20-37-15-2-1-3-16-37)18-29(41-30)25-9-7-22(21-38)8-10-25/h4-14,17,28-30,38H,1-3,15-16,18-21H2,(H,36,39)/t28-,29+,30+/m1/s1. The van der Waals surface area contributed by atoms with Gasteiger partial charge in [0, 0.05) is 25.1 Å². The average Bonchev–Trinajstić information content (AvgIpc) is 3.00. The number of likely N-dealkylation sites (tertiary alicyclic amines) is 1. The van der Waals surface area contributed by atoms with Crippen LogP contribution in [0, 0.1) is 0 Å². The van der Waals surface area contributed by atoms with Crippen molar-refractivity contribution in [2.45, 2.75) is 61.1 Å². The number of rotatable bonds is 8. The number of amides is 1. The lowest BCUT2D eigenvalue weighted by Gasteiger charge is -2.39. The molecule has 2 aliphatic heterocycles. The predicted octanol–water partition coefficient (Wildman–Crippen LogP) is 6.86. The third-order valence-corrected chi connectivity index (χ3v) is 8.19. The van der Waals surface area contributed by atoms with Crippen LogP contribution in [0.25, 0.3) is 11.1 Å². The average molecular weight is 618 g/mol. The van der Waals surface area contributed by atoms with Crippen LogP contribution >= 0.6 is 34.8 Å². The third-order valence-electron chi connectivity index (χ3n) is 7.68. The molecule has 1 amide bonds. The number of aliphatic hydroxyl groups excluding tert-OH is 1. The van der Waals surface area contributed by atoms with E-state index in [-0.39, 0.29) is 25.4 Å². The van der Waals surface area contributed by atoms with Gasteiger partial charge in [0.2, 0.25) is 0 Å². The Bertz CT molecular complexity index is 1290. The summed E-state index contributed by atoms with van der Waals surface area (Å²) in [5.74, 6) is -0.661. The van der Waals surface area contributed by atoms with E-state index in [9.17, 15) is 9.90 Å². The van der Waals surface area contributed by atoms with Crippen molar-refractivity contribution in [3.05, 3.63) is 95.1 Å². The molecule has 0 aromatic heterocycles. The summed E-state index contributed by atoms with van der Waals surface area (Å²) in [6.45, 7) is 3.40. The summed E-state index contributed by atoms with van der Waals surface area (Å²) in [5, 5.41) is 12.1. The summed E-state index contributed by atoms with van der Waals surface area (Å²) in [6, 6.07) is 24.1. The Hall–Kier alpha value is -2.16. The number of nitrogens with one attached hydrogen (secondary N) is 1. The lowest BCUT2D eigenvalue weighted by molar-refractivity contribution is -0.253. The first kappa shape index (κ1) is 30.3. The molecular weight excluding hydrogens is 583 g/mol. The molecule has 6 nitrogen and oxygen atoms in total. The fourth-order valence-electron chi connectivity index (χ4n) is 5.44. The van der Waals surface area contributed by atoms with Crippen LogP contribution in [0.2, 0.25) is 0 Å². The van der Waals surface area contributed by atoms with Gasteiger partial charge in [0.15, 0.2) is 6.29 Å². The molecule has 0 bridgehead atoms. The van der Waals surface area contributed by atoms with Crippen LogP contribution in [-0.2, 0) is 27.4 Å². The van der Waals surface area contributed by atoms with Crippen molar-refractivity contribution in [3.63, 3.8) is 0 Å². The normalized spacial score (nSPS) is 21.9. The molecule has 2 heterocycles. The molecule has 218 valence electrons. The van der Waals surface area contributed by atoms with Gasteiger partial charge in [-0.2, -0.15) is 0 Å². The fourth-order valence-corrected chi connectivity index (χ4v) is 5.64. The minimum absolute atomic E-state index is 0.0218. The van der Waals surface area contributed by atoms with E-state index >= 15 is 0 Å². The molecule has 3 atom stereocenters. The van der Waals surface area contributed by atoms with E-state index in [2.05, 4.69) is 22.3 Å². The van der Waals surface area contributed by atoms with Crippen molar-refractivity contribution < 1.29 is 19.4 Å². The first-order chi connectivity index (χ1) is 19.8. The highest BCUT2D eigenvalue weighted by atomic mass is 35.6. The Morgan fingerprint density at radius 1 is 0.878 bits per heavy atom. The van der Waals surface area contributed by atoms with Gasteiger partial charge < -0.3 is 24.8 Å². The van der Waals surface area contributed by atoms with Gasteiger partial charge in [-0.25, -0.2) is 0 Å². The maximum Gasteiger partial charge on any atom is 0.272 e. The van der Waals surface area contributed by atoms with E-state index in [1.165, 1.54) is 19.3 Å². The van der Waals surface area contributed by atoms with Crippen LogP contribution in [0.1, 0.15) is 60.3 Å². The van der Waals surface area contributed by atoms with E-state index < -0.39 is 16.0 Å².